The first kappa shape index (κ1) is 18.6. The number of barbiturate groups is 1. The van der Waals surface area contributed by atoms with E-state index in [4.69, 9.17) is 0 Å². The third-order valence-corrected chi connectivity index (χ3v) is 5.31. The standard InChI is InChI=1S/C22H15N3O3S/c26-20-18(21(27)25(22(28)24-20)16-10-12-23-13-11-16)14-15-6-4-5-9-19(15)29-17-7-2-1-3-8-17/h1-14H,(H,24,26,28)/b18-14-. The first-order valence-corrected chi connectivity index (χ1v) is 9.58. The van der Waals surface area contributed by atoms with Gasteiger partial charge in [0, 0.05) is 22.2 Å². The van der Waals surface area contributed by atoms with Crippen molar-refractivity contribution in [1.82, 2.24) is 10.3 Å². The molecule has 1 aliphatic rings. The van der Waals surface area contributed by atoms with E-state index in [0.29, 0.717) is 11.3 Å². The number of nitrogens with one attached hydrogen (secondary N) is 1. The third kappa shape index (κ3) is 3.95. The zero-order valence-corrected chi connectivity index (χ0v) is 15.9. The Morgan fingerprint density at radius 3 is 2.31 bits per heavy atom. The second-order valence-electron chi connectivity index (χ2n) is 6.12. The molecular weight excluding hydrogens is 386 g/mol. The minimum absolute atomic E-state index is 0.109. The number of carbonyl (C=O) groups is 3. The van der Waals surface area contributed by atoms with Crippen molar-refractivity contribution < 1.29 is 14.4 Å². The van der Waals surface area contributed by atoms with Crippen LogP contribution in [0.5, 0.6) is 0 Å². The molecule has 4 rings (SSSR count). The molecule has 0 radical (unpaired) electrons. The van der Waals surface area contributed by atoms with Crippen LogP contribution in [0.1, 0.15) is 5.56 Å². The Bertz CT molecular complexity index is 1110. The molecule has 3 aromatic rings. The number of pyridine rings is 1. The Labute approximate surface area is 171 Å². The molecular formula is C22H15N3O3S. The molecule has 2 heterocycles. The van der Waals surface area contributed by atoms with Gasteiger partial charge in [-0.05, 0) is 42.0 Å². The third-order valence-electron chi connectivity index (χ3n) is 4.21. The van der Waals surface area contributed by atoms with E-state index >= 15 is 0 Å². The number of urea groups is 1. The number of rotatable bonds is 4. The van der Waals surface area contributed by atoms with Gasteiger partial charge in [0.2, 0.25) is 0 Å². The maximum Gasteiger partial charge on any atom is 0.335 e. The predicted molar refractivity (Wildman–Crippen MR) is 110 cm³/mol. The fourth-order valence-electron chi connectivity index (χ4n) is 2.85. The average molecular weight is 401 g/mol. The highest BCUT2D eigenvalue weighted by atomic mass is 32.2. The SMILES string of the molecule is O=C1NC(=O)N(c2ccncc2)C(=O)/C1=C\c1ccccc1Sc1ccccc1. The molecule has 0 aliphatic carbocycles. The zero-order chi connectivity index (χ0) is 20.2. The summed E-state index contributed by atoms with van der Waals surface area (Å²) in [5.74, 6) is -1.39. The van der Waals surface area contributed by atoms with Gasteiger partial charge in [-0.15, -0.1) is 0 Å². The summed E-state index contributed by atoms with van der Waals surface area (Å²) in [4.78, 5) is 44.4. The number of hydrogen-bond acceptors (Lipinski definition) is 5. The molecule has 1 fully saturated rings. The van der Waals surface area contributed by atoms with Crippen molar-refractivity contribution in [2.75, 3.05) is 4.90 Å². The summed E-state index contributed by atoms with van der Waals surface area (Å²) in [5, 5.41) is 2.23. The lowest BCUT2D eigenvalue weighted by molar-refractivity contribution is -0.122. The van der Waals surface area contributed by atoms with E-state index in [0.717, 1.165) is 14.7 Å². The molecule has 1 saturated heterocycles. The maximum absolute atomic E-state index is 13.0. The molecule has 0 bridgehead atoms. The average Bonchev–Trinajstić information content (AvgIpc) is 2.74. The summed E-state index contributed by atoms with van der Waals surface area (Å²) < 4.78 is 0. The molecule has 0 spiro atoms. The van der Waals surface area contributed by atoms with Gasteiger partial charge in [-0.2, -0.15) is 0 Å². The number of hydrogen-bond donors (Lipinski definition) is 1. The Hall–Kier alpha value is -3.71. The lowest BCUT2D eigenvalue weighted by Crippen LogP contribution is -2.54. The fourth-order valence-corrected chi connectivity index (χ4v) is 3.79. The van der Waals surface area contributed by atoms with Crippen LogP contribution in [0, 0.1) is 0 Å². The summed E-state index contributed by atoms with van der Waals surface area (Å²) in [5.41, 5.74) is 0.944. The molecule has 0 saturated carbocycles. The molecule has 1 aromatic heterocycles. The van der Waals surface area contributed by atoms with Gasteiger partial charge < -0.3 is 0 Å². The van der Waals surface area contributed by atoms with Crippen molar-refractivity contribution in [3.8, 4) is 0 Å². The predicted octanol–water partition coefficient (Wildman–Crippen LogP) is 3.90. The quantitative estimate of drug-likeness (QED) is 0.530. The minimum atomic E-state index is -0.782. The van der Waals surface area contributed by atoms with Gasteiger partial charge in [0.25, 0.3) is 11.8 Å². The van der Waals surface area contributed by atoms with Gasteiger partial charge in [0.15, 0.2) is 0 Å². The summed E-state index contributed by atoms with van der Waals surface area (Å²) in [6, 6.07) is 19.5. The van der Waals surface area contributed by atoms with Gasteiger partial charge >= 0.3 is 6.03 Å². The molecule has 142 valence electrons. The van der Waals surface area contributed by atoms with Crippen LogP contribution in [0.25, 0.3) is 6.08 Å². The van der Waals surface area contributed by atoms with Gasteiger partial charge in [-0.25, -0.2) is 9.69 Å². The second kappa shape index (κ2) is 8.12. The van der Waals surface area contributed by atoms with Gasteiger partial charge in [-0.3, -0.25) is 19.9 Å². The topological polar surface area (TPSA) is 79.4 Å². The van der Waals surface area contributed by atoms with Crippen molar-refractivity contribution in [2.45, 2.75) is 9.79 Å². The Morgan fingerprint density at radius 2 is 1.55 bits per heavy atom. The maximum atomic E-state index is 13.0. The van der Waals surface area contributed by atoms with Crippen LogP contribution < -0.4 is 10.2 Å². The minimum Gasteiger partial charge on any atom is -0.273 e. The van der Waals surface area contributed by atoms with Crippen LogP contribution in [0.2, 0.25) is 0 Å². The molecule has 4 amide bonds. The Kier molecular flexibility index (Phi) is 5.22. The van der Waals surface area contributed by atoms with Crippen LogP contribution in [-0.2, 0) is 9.59 Å². The van der Waals surface area contributed by atoms with Gasteiger partial charge in [-0.1, -0.05) is 48.2 Å². The van der Waals surface area contributed by atoms with E-state index in [1.54, 1.807) is 0 Å². The van der Waals surface area contributed by atoms with E-state index in [2.05, 4.69) is 10.3 Å². The van der Waals surface area contributed by atoms with Crippen LogP contribution in [0.4, 0.5) is 10.5 Å². The number of carbonyl (C=O) groups excluding carboxylic acids is 3. The number of amides is 4. The normalized spacial score (nSPS) is 15.5. The van der Waals surface area contributed by atoms with Crippen molar-refractivity contribution in [2.24, 2.45) is 0 Å². The largest absolute Gasteiger partial charge is 0.335 e. The van der Waals surface area contributed by atoms with E-state index in [1.165, 1.54) is 42.4 Å². The lowest BCUT2D eigenvalue weighted by atomic mass is 10.1. The van der Waals surface area contributed by atoms with E-state index in [-0.39, 0.29) is 5.57 Å². The number of nitrogens with zero attached hydrogens (tertiary/aromatic N) is 2. The smallest absolute Gasteiger partial charge is 0.273 e. The van der Waals surface area contributed by atoms with Crippen LogP contribution >= 0.6 is 11.8 Å². The molecule has 29 heavy (non-hydrogen) atoms. The highest BCUT2D eigenvalue weighted by molar-refractivity contribution is 7.99. The van der Waals surface area contributed by atoms with Crippen molar-refractivity contribution in [3.05, 3.63) is 90.3 Å². The number of anilines is 1. The molecule has 2 aromatic carbocycles. The molecule has 0 atom stereocenters. The van der Waals surface area contributed by atoms with Gasteiger partial charge in [0.1, 0.15) is 5.57 Å². The van der Waals surface area contributed by atoms with E-state index < -0.39 is 17.8 Å². The van der Waals surface area contributed by atoms with Crippen LogP contribution in [0.3, 0.4) is 0 Å². The van der Waals surface area contributed by atoms with Crippen molar-refractivity contribution >= 4 is 41.4 Å². The Balaban J connectivity index is 1.71. The number of aromatic nitrogens is 1. The summed E-state index contributed by atoms with van der Waals surface area (Å²) in [7, 11) is 0. The number of imide groups is 2. The van der Waals surface area contributed by atoms with Gasteiger partial charge in [0.05, 0.1) is 5.69 Å². The second-order valence-corrected chi connectivity index (χ2v) is 7.23. The van der Waals surface area contributed by atoms with E-state index in [9.17, 15) is 14.4 Å². The number of benzene rings is 2. The van der Waals surface area contributed by atoms with Crippen LogP contribution in [0.15, 0.2) is 94.5 Å². The molecule has 1 aliphatic heterocycles. The van der Waals surface area contributed by atoms with E-state index in [1.807, 2.05) is 54.6 Å². The first-order valence-electron chi connectivity index (χ1n) is 8.77. The first-order chi connectivity index (χ1) is 14.1. The molecule has 7 heteroatoms. The summed E-state index contributed by atoms with van der Waals surface area (Å²) in [6.07, 6.45) is 4.46. The highest BCUT2D eigenvalue weighted by Crippen LogP contribution is 2.32. The van der Waals surface area contributed by atoms with Crippen molar-refractivity contribution in [1.29, 1.82) is 0 Å². The fraction of sp³-hybridized carbons (Fsp3) is 0. The zero-order valence-electron chi connectivity index (χ0n) is 15.1. The highest BCUT2D eigenvalue weighted by Gasteiger charge is 2.36. The molecule has 6 nitrogen and oxygen atoms in total. The van der Waals surface area contributed by atoms with Crippen LogP contribution in [-0.4, -0.2) is 22.8 Å². The summed E-state index contributed by atoms with van der Waals surface area (Å²) >= 11 is 1.53. The summed E-state index contributed by atoms with van der Waals surface area (Å²) in [6.45, 7) is 0. The lowest BCUT2D eigenvalue weighted by Gasteiger charge is -2.26. The Morgan fingerprint density at radius 1 is 0.862 bits per heavy atom. The molecule has 1 N–H and O–H groups in total. The molecule has 0 unspecified atom stereocenters. The monoisotopic (exact) mass is 401 g/mol. The van der Waals surface area contributed by atoms with Crippen molar-refractivity contribution in [3.63, 3.8) is 0 Å².